The average molecular weight is 312 g/mol. The molecule has 0 bridgehead atoms. The maximum Gasteiger partial charge on any atom is 0.241 e. The molecule has 114 valence electrons. The number of hydrogen-bond acceptors (Lipinski definition) is 6. The van der Waals surface area contributed by atoms with E-state index in [-0.39, 0.29) is 4.90 Å². The zero-order valence-electron chi connectivity index (χ0n) is 11.8. The van der Waals surface area contributed by atoms with Crippen molar-refractivity contribution in [2.75, 3.05) is 14.2 Å². The maximum absolute atomic E-state index is 12.3. The number of H-pyrrole nitrogens is 1. The fourth-order valence-corrected chi connectivity index (χ4v) is 2.99. The monoisotopic (exact) mass is 312 g/mol. The van der Waals surface area contributed by atoms with Crippen LogP contribution in [-0.4, -0.2) is 37.8 Å². The number of hydrogen-bond donors (Lipinski definition) is 2. The van der Waals surface area contributed by atoms with E-state index in [1.54, 1.807) is 6.92 Å². The number of rotatable bonds is 6. The summed E-state index contributed by atoms with van der Waals surface area (Å²) in [4.78, 5) is 3.99. The van der Waals surface area contributed by atoms with Crippen LogP contribution in [0.1, 0.15) is 18.8 Å². The van der Waals surface area contributed by atoms with E-state index in [9.17, 15) is 8.42 Å². The predicted octanol–water partition coefficient (Wildman–Crippen LogP) is 0.861. The molecule has 0 radical (unpaired) electrons. The van der Waals surface area contributed by atoms with Gasteiger partial charge in [0.15, 0.2) is 11.5 Å². The third-order valence-electron chi connectivity index (χ3n) is 2.84. The Bertz CT molecular complexity index is 700. The topological polar surface area (TPSA) is 106 Å². The van der Waals surface area contributed by atoms with Crippen molar-refractivity contribution in [1.82, 2.24) is 19.9 Å². The van der Waals surface area contributed by atoms with Crippen LogP contribution in [0.3, 0.4) is 0 Å². The summed E-state index contributed by atoms with van der Waals surface area (Å²) in [6.45, 7) is 1.67. The molecule has 0 amide bonds. The quantitative estimate of drug-likeness (QED) is 0.819. The molecule has 0 saturated heterocycles. The van der Waals surface area contributed by atoms with Crippen LogP contribution < -0.4 is 14.2 Å². The van der Waals surface area contributed by atoms with E-state index < -0.39 is 16.1 Å². The van der Waals surface area contributed by atoms with Gasteiger partial charge in [-0.2, -0.15) is 5.10 Å². The van der Waals surface area contributed by atoms with Gasteiger partial charge in [0, 0.05) is 6.07 Å². The van der Waals surface area contributed by atoms with Gasteiger partial charge in [-0.1, -0.05) is 0 Å². The zero-order valence-corrected chi connectivity index (χ0v) is 12.6. The minimum Gasteiger partial charge on any atom is -0.493 e. The number of ether oxygens (including phenoxy) is 2. The number of sulfonamides is 1. The van der Waals surface area contributed by atoms with Crippen molar-refractivity contribution in [3.63, 3.8) is 0 Å². The van der Waals surface area contributed by atoms with Gasteiger partial charge in [-0.15, -0.1) is 0 Å². The van der Waals surface area contributed by atoms with Gasteiger partial charge in [-0.05, 0) is 19.1 Å². The first-order valence-corrected chi connectivity index (χ1v) is 7.56. The Labute approximate surface area is 122 Å². The molecule has 2 rings (SSSR count). The van der Waals surface area contributed by atoms with E-state index in [0.29, 0.717) is 17.3 Å². The fraction of sp³-hybridized carbons (Fsp3) is 0.333. The summed E-state index contributed by atoms with van der Waals surface area (Å²) in [5, 5.41) is 6.31. The van der Waals surface area contributed by atoms with E-state index in [1.165, 1.54) is 38.7 Å². The van der Waals surface area contributed by atoms with E-state index in [1.807, 2.05) is 0 Å². The molecule has 2 aromatic rings. The number of aromatic amines is 1. The van der Waals surface area contributed by atoms with Crippen molar-refractivity contribution in [1.29, 1.82) is 0 Å². The summed E-state index contributed by atoms with van der Waals surface area (Å²) in [7, 11) is -0.791. The SMILES string of the molecule is COc1ccc(S(=O)(=O)NC(C)c2ncn[nH]2)cc1OC. The molecule has 21 heavy (non-hydrogen) atoms. The summed E-state index contributed by atoms with van der Waals surface area (Å²) < 4.78 is 37.4. The molecule has 0 saturated carbocycles. The second-order valence-corrected chi connectivity index (χ2v) is 5.94. The first-order valence-electron chi connectivity index (χ1n) is 6.07. The highest BCUT2D eigenvalue weighted by Crippen LogP contribution is 2.29. The third kappa shape index (κ3) is 3.31. The normalized spacial score (nSPS) is 12.9. The zero-order chi connectivity index (χ0) is 15.5. The smallest absolute Gasteiger partial charge is 0.241 e. The molecule has 0 aliphatic carbocycles. The molecule has 1 heterocycles. The van der Waals surface area contributed by atoms with Crippen LogP contribution in [0.5, 0.6) is 11.5 Å². The Balaban J connectivity index is 2.27. The van der Waals surface area contributed by atoms with Gasteiger partial charge in [0.25, 0.3) is 0 Å². The lowest BCUT2D eigenvalue weighted by molar-refractivity contribution is 0.354. The standard InChI is InChI=1S/C12H16N4O4S/c1-8(12-13-7-14-15-12)16-21(17,18)9-4-5-10(19-2)11(6-9)20-3/h4-8,16H,1-3H3,(H,13,14,15). The van der Waals surface area contributed by atoms with Crippen LogP contribution in [0.2, 0.25) is 0 Å². The first-order chi connectivity index (χ1) is 9.97. The number of aromatic nitrogens is 3. The molecule has 1 unspecified atom stereocenters. The number of nitrogens with zero attached hydrogens (tertiary/aromatic N) is 2. The van der Waals surface area contributed by atoms with Crippen LogP contribution in [0.25, 0.3) is 0 Å². The van der Waals surface area contributed by atoms with Gasteiger partial charge < -0.3 is 9.47 Å². The summed E-state index contributed by atoms with van der Waals surface area (Å²) in [6, 6.07) is 3.84. The molecule has 1 aromatic carbocycles. The van der Waals surface area contributed by atoms with Crippen molar-refractivity contribution in [3.05, 3.63) is 30.4 Å². The van der Waals surface area contributed by atoms with Crippen molar-refractivity contribution in [3.8, 4) is 11.5 Å². The highest BCUT2D eigenvalue weighted by atomic mass is 32.2. The molecule has 0 aliphatic rings. The van der Waals surface area contributed by atoms with Gasteiger partial charge in [0.2, 0.25) is 10.0 Å². The summed E-state index contributed by atoms with van der Waals surface area (Å²) in [6.07, 6.45) is 1.32. The van der Waals surface area contributed by atoms with E-state index in [4.69, 9.17) is 9.47 Å². The summed E-state index contributed by atoms with van der Waals surface area (Å²) >= 11 is 0. The second kappa shape index (κ2) is 6.10. The van der Waals surface area contributed by atoms with Crippen LogP contribution in [0.15, 0.2) is 29.4 Å². The molecule has 1 atom stereocenters. The lowest BCUT2D eigenvalue weighted by Crippen LogP contribution is -2.27. The van der Waals surface area contributed by atoms with Crippen LogP contribution >= 0.6 is 0 Å². The van der Waals surface area contributed by atoms with Crippen molar-refractivity contribution in [2.24, 2.45) is 0 Å². The Morgan fingerprint density at radius 3 is 2.52 bits per heavy atom. The van der Waals surface area contributed by atoms with E-state index in [0.717, 1.165) is 0 Å². The lowest BCUT2D eigenvalue weighted by atomic mass is 10.3. The van der Waals surface area contributed by atoms with E-state index >= 15 is 0 Å². The first kappa shape index (κ1) is 15.3. The van der Waals surface area contributed by atoms with Gasteiger partial charge in [0.05, 0.1) is 25.2 Å². The van der Waals surface area contributed by atoms with Crippen molar-refractivity contribution >= 4 is 10.0 Å². The summed E-state index contributed by atoms with van der Waals surface area (Å²) in [5.74, 6) is 1.23. The Kier molecular flexibility index (Phi) is 4.43. The van der Waals surface area contributed by atoms with Crippen molar-refractivity contribution in [2.45, 2.75) is 17.9 Å². The Morgan fingerprint density at radius 2 is 1.95 bits per heavy atom. The largest absolute Gasteiger partial charge is 0.493 e. The molecule has 2 N–H and O–H groups in total. The van der Waals surface area contributed by atoms with E-state index in [2.05, 4.69) is 19.9 Å². The lowest BCUT2D eigenvalue weighted by Gasteiger charge is -2.13. The molecule has 1 aromatic heterocycles. The molecular weight excluding hydrogens is 296 g/mol. The van der Waals surface area contributed by atoms with Crippen LogP contribution in [0, 0.1) is 0 Å². The molecule has 0 spiro atoms. The Hall–Kier alpha value is -2.13. The minimum atomic E-state index is -3.72. The van der Waals surface area contributed by atoms with Crippen LogP contribution in [0.4, 0.5) is 0 Å². The maximum atomic E-state index is 12.3. The predicted molar refractivity (Wildman–Crippen MR) is 74.7 cm³/mol. The number of benzene rings is 1. The molecule has 0 aliphatic heterocycles. The van der Waals surface area contributed by atoms with Gasteiger partial charge in [0.1, 0.15) is 12.2 Å². The highest BCUT2D eigenvalue weighted by Gasteiger charge is 2.21. The summed E-state index contributed by atoms with van der Waals surface area (Å²) in [5.41, 5.74) is 0. The van der Waals surface area contributed by atoms with Gasteiger partial charge in [-0.3, -0.25) is 5.10 Å². The minimum absolute atomic E-state index is 0.0755. The number of nitrogens with one attached hydrogen (secondary N) is 2. The number of methoxy groups -OCH3 is 2. The fourth-order valence-electron chi connectivity index (χ4n) is 1.76. The average Bonchev–Trinajstić information content (AvgIpc) is 3.00. The van der Waals surface area contributed by atoms with Crippen LogP contribution in [-0.2, 0) is 10.0 Å². The molecule has 8 nitrogen and oxygen atoms in total. The second-order valence-electron chi connectivity index (χ2n) is 4.23. The third-order valence-corrected chi connectivity index (χ3v) is 4.38. The Morgan fingerprint density at radius 1 is 1.24 bits per heavy atom. The van der Waals surface area contributed by atoms with Gasteiger partial charge >= 0.3 is 0 Å². The molecule has 0 fully saturated rings. The molecule has 9 heteroatoms. The van der Waals surface area contributed by atoms with Gasteiger partial charge in [-0.25, -0.2) is 18.1 Å². The van der Waals surface area contributed by atoms with Crippen molar-refractivity contribution < 1.29 is 17.9 Å². The molecular formula is C12H16N4O4S. The highest BCUT2D eigenvalue weighted by molar-refractivity contribution is 7.89.